The van der Waals surface area contributed by atoms with Crippen molar-refractivity contribution in [2.75, 3.05) is 5.32 Å². The Morgan fingerprint density at radius 2 is 1.92 bits per heavy atom. The van der Waals surface area contributed by atoms with Crippen molar-refractivity contribution >= 4 is 28.6 Å². The lowest BCUT2D eigenvalue weighted by Gasteiger charge is -2.06. The fraction of sp³-hybridized carbons (Fsp3) is 0.143. The molecule has 1 aromatic heterocycles. The first-order valence-electron chi connectivity index (χ1n) is 8.43. The lowest BCUT2D eigenvalue weighted by atomic mass is 10.1. The number of hydrogen-bond donors (Lipinski definition) is 2. The summed E-state index contributed by atoms with van der Waals surface area (Å²) in [6.45, 7) is 1.98. The highest BCUT2D eigenvalue weighted by molar-refractivity contribution is 5.94. The SMILES string of the molecule is CCc1cc(=O)c2cc(NC(=O)CC=Cc3ccc(F)cc3)ccc2[nH]1. The van der Waals surface area contributed by atoms with Crippen molar-refractivity contribution in [2.24, 2.45) is 0 Å². The highest BCUT2D eigenvalue weighted by Gasteiger charge is 2.05. The van der Waals surface area contributed by atoms with Crippen LogP contribution in [0.2, 0.25) is 0 Å². The summed E-state index contributed by atoms with van der Waals surface area (Å²) in [4.78, 5) is 27.5. The number of amides is 1. The van der Waals surface area contributed by atoms with Gasteiger partial charge in [0.1, 0.15) is 5.82 Å². The fourth-order valence-corrected chi connectivity index (χ4v) is 2.66. The van der Waals surface area contributed by atoms with E-state index in [-0.39, 0.29) is 23.6 Å². The summed E-state index contributed by atoms with van der Waals surface area (Å²) in [5.41, 5.74) is 2.97. The first kappa shape index (κ1) is 17.6. The molecule has 5 heteroatoms. The molecule has 0 fully saturated rings. The third-order valence-electron chi connectivity index (χ3n) is 4.03. The number of pyridine rings is 1. The first-order valence-corrected chi connectivity index (χ1v) is 8.43. The molecule has 4 nitrogen and oxygen atoms in total. The van der Waals surface area contributed by atoms with Crippen molar-refractivity contribution in [1.82, 2.24) is 4.98 Å². The predicted octanol–water partition coefficient (Wildman–Crippen LogP) is 4.27. The molecule has 1 amide bonds. The van der Waals surface area contributed by atoms with E-state index in [0.717, 1.165) is 23.2 Å². The Bertz CT molecular complexity index is 1020. The highest BCUT2D eigenvalue weighted by Crippen LogP contribution is 2.16. The quantitative estimate of drug-likeness (QED) is 0.722. The molecule has 0 radical (unpaired) electrons. The van der Waals surface area contributed by atoms with Gasteiger partial charge >= 0.3 is 0 Å². The molecule has 0 aliphatic carbocycles. The van der Waals surface area contributed by atoms with E-state index in [0.29, 0.717) is 11.1 Å². The number of carbonyl (C=O) groups excluding carboxylic acids is 1. The number of halogens is 1. The Labute approximate surface area is 150 Å². The Morgan fingerprint density at radius 3 is 2.65 bits per heavy atom. The lowest BCUT2D eigenvalue weighted by Crippen LogP contribution is -2.11. The third kappa shape index (κ3) is 4.25. The monoisotopic (exact) mass is 350 g/mol. The van der Waals surface area contributed by atoms with Crippen LogP contribution in [0.1, 0.15) is 24.6 Å². The normalized spacial score (nSPS) is 11.2. The number of carbonyl (C=O) groups is 1. The number of benzene rings is 2. The maximum absolute atomic E-state index is 12.8. The molecule has 132 valence electrons. The van der Waals surface area contributed by atoms with E-state index in [9.17, 15) is 14.0 Å². The Hall–Kier alpha value is -3.21. The van der Waals surface area contributed by atoms with Crippen LogP contribution in [-0.4, -0.2) is 10.9 Å². The minimum atomic E-state index is -0.294. The summed E-state index contributed by atoms with van der Waals surface area (Å²) in [7, 11) is 0. The van der Waals surface area contributed by atoms with Crippen molar-refractivity contribution in [3.8, 4) is 0 Å². The number of aryl methyl sites for hydroxylation is 1. The van der Waals surface area contributed by atoms with E-state index < -0.39 is 0 Å². The van der Waals surface area contributed by atoms with Gasteiger partial charge in [-0.2, -0.15) is 0 Å². The highest BCUT2D eigenvalue weighted by atomic mass is 19.1. The van der Waals surface area contributed by atoms with Crippen molar-refractivity contribution in [2.45, 2.75) is 19.8 Å². The van der Waals surface area contributed by atoms with Gasteiger partial charge in [-0.15, -0.1) is 0 Å². The van der Waals surface area contributed by atoms with Gasteiger partial charge in [-0.25, -0.2) is 4.39 Å². The number of aromatic amines is 1. The van der Waals surface area contributed by atoms with Crippen LogP contribution in [0.5, 0.6) is 0 Å². The largest absolute Gasteiger partial charge is 0.358 e. The fourth-order valence-electron chi connectivity index (χ4n) is 2.66. The van der Waals surface area contributed by atoms with Crippen LogP contribution in [0, 0.1) is 5.82 Å². The number of anilines is 1. The third-order valence-corrected chi connectivity index (χ3v) is 4.03. The molecule has 1 heterocycles. The van der Waals surface area contributed by atoms with E-state index in [1.54, 1.807) is 48.6 Å². The van der Waals surface area contributed by atoms with Crippen LogP contribution in [0.25, 0.3) is 17.0 Å². The molecule has 2 N–H and O–H groups in total. The van der Waals surface area contributed by atoms with Crippen LogP contribution in [0.3, 0.4) is 0 Å². The molecule has 0 aliphatic heterocycles. The van der Waals surface area contributed by atoms with Gasteiger partial charge in [-0.3, -0.25) is 9.59 Å². The maximum Gasteiger partial charge on any atom is 0.228 e. The maximum atomic E-state index is 12.8. The van der Waals surface area contributed by atoms with E-state index in [1.807, 2.05) is 6.92 Å². The van der Waals surface area contributed by atoms with Crippen molar-refractivity contribution < 1.29 is 9.18 Å². The number of fused-ring (bicyclic) bond motifs is 1. The second-order valence-corrected chi connectivity index (χ2v) is 5.98. The number of H-pyrrole nitrogens is 1. The zero-order valence-corrected chi connectivity index (χ0v) is 14.4. The van der Waals surface area contributed by atoms with Crippen LogP contribution in [0.4, 0.5) is 10.1 Å². The molecule has 0 unspecified atom stereocenters. The summed E-state index contributed by atoms with van der Waals surface area (Å²) in [5, 5.41) is 3.33. The van der Waals surface area contributed by atoms with E-state index >= 15 is 0 Å². The van der Waals surface area contributed by atoms with Gasteiger partial charge in [0.15, 0.2) is 5.43 Å². The summed E-state index contributed by atoms with van der Waals surface area (Å²) in [6.07, 6.45) is 4.41. The van der Waals surface area contributed by atoms with Gasteiger partial charge in [0.05, 0.1) is 0 Å². The number of hydrogen-bond acceptors (Lipinski definition) is 2. The van der Waals surface area contributed by atoms with Gasteiger partial charge < -0.3 is 10.3 Å². The summed E-state index contributed by atoms with van der Waals surface area (Å²) >= 11 is 0. The smallest absolute Gasteiger partial charge is 0.228 e. The number of nitrogens with one attached hydrogen (secondary N) is 2. The number of rotatable bonds is 5. The van der Waals surface area contributed by atoms with E-state index in [4.69, 9.17) is 0 Å². The minimum absolute atomic E-state index is 0.0668. The molecule has 3 rings (SSSR count). The minimum Gasteiger partial charge on any atom is -0.358 e. The Balaban J connectivity index is 1.68. The Morgan fingerprint density at radius 1 is 1.15 bits per heavy atom. The van der Waals surface area contributed by atoms with Gasteiger partial charge in [-0.1, -0.05) is 31.2 Å². The predicted molar refractivity (Wildman–Crippen MR) is 103 cm³/mol. The summed E-state index contributed by atoms with van der Waals surface area (Å²) < 4.78 is 12.8. The van der Waals surface area contributed by atoms with Gasteiger partial charge in [-0.05, 0) is 42.3 Å². The molecule has 0 saturated heterocycles. The lowest BCUT2D eigenvalue weighted by molar-refractivity contribution is -0.115. The molecular weight excluding hydrogens is 331 g/mol. The van der Waals surface area contributed by atoms with Crippen LogP contribution in [0.15, 0.2) is 59.4 Å². The van der Waals surface area contributed by atoms with Gasteiger partial charge in [0.2, 0.25) is 5.91 Å². The zero-order valence-electron chi connectivity index (χ0n) is 14.4. The van der Waals surface area contributed by atoms with Crippen molar-refractivity contribution in [3.05, 3.63) is 81.9 Å². The molecule has 0 bridgehead atoms. The van der Waals surface area contributed by atoms with Crippen molar-refractivity contribution in [3.63, 3.8) is 0 Å². The molecule has 0 spiro atoms. The molecule has 0 aliphatic rings. The Kier molecular flexibility index (Phi) is 5.27. The average molecular weight is 350 g/mol. The number of aromatic nitrogens is 1. The molecule has 3 aromatic rings. The second-order valence-electron chi connectivity index (χ2n) is 5.98. The summed E-state index contributed by atoms with van der Waals surface area (Å²) in [6, 6.07) is 12.8. The molecule has 2 aromatic carbocycles. The topological polar surface area (TPSA) is 62.0 Å². The zero-order chi connectivity index (χ0) is 18.5. The molecule has 0 saturated carbocycles. The van der Waals surface area contributed by atoms with E-state index in [1.165, 1.54) is 12.1 Å². The first-order chi connectivity index (χ1) is 12.5. The van der Waals surface area contributed by atoms with Crippen LogP contribution >= 0.6 is 0 Å². The second kappa shape index (κ2) is 7.78. The molecule has 0 atom stereocenters. The average Bonchev–Trinajstić information content (AvgIpc) is 2.63. The van der Waals surface area contributed by atoms with Crippen LogP contribution in [-0.2, 0) is 11.2 Å². The van der Waals surface area contributed by atoms with Crippen LogP contribution < -0.4 is 10.7 Å². The van der Waals surface area contributed by atoms with Gasteiger partial charge in [0.25, 0.3) is 0 Å². The molecular formula is C21H19FN2O2. The van der Waals surface area contributed by atoms with E-state index in [2.05, 4.69) is 10.3 Å². The van der Waals surface area contributed by atoms with Gasteiger partial charge in [0, 0.05) is 34.8 Å². The summed E-state index contributed by atoms with van der Waals surface area (Å²) in [5.74, 6) is -0.485. The van der Waals surface area contributed by atoms with Crippen molar-refractivity contribution in [1.29, 1.82) is 0 Å². The molecule has 26 heavy (non-hydrogen) atoms. The standard InChI is InChI=1S/C21H19FN2O2/c1-2-16-13-20(25)18-12-17(10-11-19(18)23-16)24-21(26)5-3-4-14-6-8-15(22)9-7-14/h3-4,6-13H,2,5H2,1H3,(H,23,25)(H,24,26).